The zero-order valence-corrected chi connectivity index (χ0v) is 19.5. The van der Waals surface area contributed by atoms with Crippen molar-refractivity contribution in [2.75, 3.05) is 24.2 Å². The lowest BCUT2D eigenvalue weighted by molar-refractivity contribution is -0.126. The topological polar surface area (TPSA) is 68.3 Å². The molecule has 7 nitrogen and oxygen atoms in total. The Hall–Kier alpha value is -3.84. The number of imide groups is 1. The van der Waals surface area contributed by atoms with Crippen molar-refractivity contribution in [1.82, 2.24) is 0 Å². The molecule has 0 N–H and O–H groups in total. The van der Waals surface area contributed by atoms with Crippen LogP contribution in [0, 0.1) is 19.8 Å². The van der Waals surface area contributed by atoms with Crippen molar-refractivity contribution < 1.29 is 23.9 Å². The zero-order valence-electron chi connectivity index (χ0n) is 19.5. The summed E-state index contributed by atoms with van der Waals surface area (Å²) in [5, 5.41) is 1.69. The van der Waals surface area contributed by atoms with Gasteiger partial charge in [-0.3, -0.25) is 14.4 Å². The van der Waals surface area contributed by atoms with Crippen molar-refractivity contribution in [2.24, 2.45) is 5.92 Å². The van der Waals surface area contributed by atoms with E-state index in [1.165, 1.54) is 4.90 Å². The molecule has 2 fully saturated rings. The number of hydrogen-bond donors (Lipinski definition) is 0. The molecular formula is C27H26N2O5. The fraction of sp³-hybridized carbons (Fsp3) is 0.259. The third kappa shape index (κ3) is 3.40. The molecule has 0 aliphatic carbocycles. The number of hydrogen-bond acceptors (Lipinski definition) is 6. The summed E-state index contributed by atoms with van der Waals surface area (Å²) in [7, 11) is 3.16. The highest BCUT2D eigenvalue weighted by molar-refractivity contribution is 6.24. The molecule has 0 bridgehead atoms. The van der Waals surface area contributed by atoms with Crippen molar-refractivity contribution in [3.8, 4) is 11.5 Å². The molecule has 0 aromatic heterocycles. The van der Waals surface area contributed by atoms with E-state index in [2.05, 4.69) is 0 Å². The minimum absolute atomic E-state index is 0.292. The third-order valence-electron chi connectivity index (χ3n) is 6.49. The van der Waals surface area contributed by atoms with Crippen LogP contribution in [0.4, 0.5) is 11.4 Å². The molecule has 3 aromatic rings. The maximum atomic E-state index is 13.8. The van der Waals surface area contributed by atoms with Crippen LogP contribution in [0.15, 0.2) is 66.7 Å². The first-order valence-electron chi connectivity index (χ1n) is 11.1. The molecule has 2 aliphatic rings. The Balaban J connectivity index is 1.65. The SMILES string of the molecule is COc1ccc([C@H]2[C@H]3C(=O)N(c4cccc(C)c4)C(=O)[C@H]3ON2c2ccccc2C)c(OC)c1. The average molecular weight is 459 g/mol. The van der Waals surface area contributed by atoms with Gasteiger partial charge in [0.05, 0.1) is 31.6 Å². The summed E-state index contributed by atoms with van der Waals surface area (Å²) in [5.74, 6) is -0.209. The summed E-state index contributed by atoms with van der Waals surface area (Å²) in [6.07, 6.45) is -0.940. The summed E-state index contributed by atoms with van der Waals surface area (Å²) < 4.78 is 11.0. The normalized spacial score (nSPS) is 21.7. The second kappa shape index (κ2) is 8.50. The molecule has 174 valence electrons. The number of rotatable bonds is 5. The van der Waals surface area contributed by atoms with Gasteiger partial charge in [0.2, 0.25) is 5.91 Å². The van der Waals surface area contributed by atoms with Gasteiger partial charge in [-0.05, 0) is 55.3 Å². The lowest BCUT2D eigenvalue weighted by Gasteiger charge is -2.30. The van der Waals surface area contributed by atoms with Crippen molar-refractivity contribution in [1.29, 1.82) is 0 Å². The van der Waals surface area contributed by atoms with E-state index in [1.54, 1.807) is 31.4 Å². The molecule has 0 spiro atoms. The molecule has 0 saturated carbocycles. The number of fused-ring (bicyclic) bond motifs is 1. The fourth-order valence-corrected chi connectivity index (χ4v) is 4.83. The average Bonchev–Trinajstić information content (AvgIpc) is 3.34. The molecule has 3 aromatic carbocycles. The lowest BCUT2D eigenvalue weighted by Crippen LogP contribution is -2.37. The fourth-order valence-electron chi connectivity index (χ4n) is 4.83. The van der Waals surface area contributed by atoms with Crippen molar-refractivity contribution in [3.05, 3.63) is 83.4 Å². The van der Waals surface area contributed by atoms with E-state index in [1.807, 2.05) is 68.4 Å². The summed E-state index contributed by atoms with van der Waals surface area (Å²) in [6.45, 7) is 3.90. The lowest BCUT2D eigenvalue weighted by atomic mass is 9.89. The van der Waals surface area contributed by atoms with Crippen molar-refractivity contribution in [2.45, 2.75) is 26.0 Å². The standard InChI is InChI=1S/C27H26N2O5/c1-16-8-7-10-18(14-16)28-26(30)23-24(20-13-12-19(32-3)15-22(20)33-4)29(34-25(23)27(28)31)21-11-6-5-9-17(21)2/h5-15,23-25H,1-4H3/t23-,24+,25+/m1/s1. The molecule has 0 unspecified atom stereocenters. The molecule has 2 saturated heterocycles. The quantitative estimate of drug-likeness (QED) is 0.529. The molecular weight excluding hydrogens is 432 g/mol. The van der Waals surface area contributed by atoms with Crippen LogP contribution in [-0.2, 0) is 14.4 Å². The summed E-state index contributed by atoms with van der Waals surface area (Å²) in [4.78, 5) is 34.8. The number of amides is 2. The van der Waals surface area contributed by atoms with E-state index in [0.717, 1.165) is 22.4 Å². The Morgan fingerprint density at radius 1 is 0.853 bits per heavy atom. The number of nitrogens with zero attached hydrogens (tertiary/aromatic N) is 2. The molecule has 0 radical (unpaired) electrons. The monoisotopic (exact) mass is 458 g/mol. The second-order valence-electron chi connectivity index (χ2n) is 8.57. The van der Waals surface area contributed by atoms with E-state index in [0.29, 0.717) is 17.2 Å². The molecule has 3 atom stereocenters. The van der Waals surface area contributed by atoms with E-state index in [9.17, 15) is 9.59 Å². The maximum absolute atomic E-state index is 13.8. The number of carbonyl (C=O) groups is 2. The first kappa shape index (κ1) is 22.0. The van der Waals surface area contributed by atoms with Crippen LogP contribution < -0.4 is 19.4 Å². The van der Waals surface area contributed by atoms with Gasteiger partial charge in [-0.1, -0.05) is 30.3 Å². The van der Waals surface area contributed by atoms with Crippen LogP contribution in [0.2, 0.25) is 0 Å². The number of anilines is 2. The maximum Gasteiger partial charge on any atom is 0.266 e. The predicted molar refractivity (Wildman–Crippen MR) is 128 cm³/mol. The Morgan fingerprint density at radius 2 is 1.65 bits per heavy atom. The van der Waals surface area contributed by atoms with Crippen molar-refractivity contribution in [3.63, 3.8) is 0 Å². The van der Waals surface area contributed by atoms with Gasteiger partial charge in [-0.25, -0.2) is 9.96 Å². The number of hydroxylamine groups is 1. The van der Waals surface area contributed by atoms with Crippen LogP contribution in [0.1, 0.15) is 22.7 Å². The number of methoxy groups -OCH3 is 2. The second-order valence-corrected chi connectivity index (χ2v) is 8.57. The number of benzene rings is 3. The Bertz CT molecular complexity index is 1270. The van der Waals surface area contributed by atoms with Crippen LogP contribution >= 0.6 is 0 Å². The van der Waals surface area contributed by atoms with Crippen LogP contribution in [0.25, 0.3) is 0 Å². The van der Waals surface area contributed by atoms with Crippen molar-refractivity contribution >= 4 is 23.2 Å². The van der Waals surface area contributed by atoms with E-state index in [4.69, 9.17) is 14.3 Å². The smallest absolute Gasteiger partial charge is 0.266 e. The third-order valence-corrected chi connectivity index (χ3v) is 6.49. The minimum Gasteiger partial charge on any atom is -0.497 e. The highest BCUT2D eigenvalue weighted by Crippen LogP contribution is 2.50. The first-order valence-corrected chi connectivity index (χ1v) is 11.1. The van der Waals surface area contributed by atoms with Gasteiger partial charge in [-0.2, -0.15) is 0 Å². The molecule has 2 amide bonds. The largest absolute Gasteiger partial charge is 0.497 e. The van der Waals surface area contributed by atoms with E-state index in [-0.39, 0.29) is 11.8 Å². The highest BCUT2D eigenvalue weighted by Gasteiger charge is 2.60. The summed E-state index contributed by atoms with van der Waals surface area (Å²) in [6, 6.07) is 20.0. The van der Waals surface area contributed by atoms with Gasteiger partial charge < -0.3 is 9.47 Å². The molecule has 2 aliphatic heterocycles. The zero-order chi connectivity index (χ0) is 24.0. The molecule has 5 rings (SSSR count). The van der Waals surface area contributed by atoms with E-state index < -0.39 is 18.1 Å². The first-order chi connectivity index (χ1) is 16.4. The van der Waals surface area contributed by atoms with Crippen LogP contribution in [0.5, 0.6) is 11.5 Å². The Labute approximate surface area is 198 Å². The van der Waals surface area contributed by atoms with Gasteiger partial charge in [-0.15, -0.1) is 0 Å². The van der Waals surface area contributed by atoms with Gasteiger partial charge in [0.25, 0.3) is 5.91 Å². The number of aryl methyl sites for hydroxylation is 2. The Morgan fingerprint density at radius 3 is 2.35 bits per heavy atom. The van der Waals surface area contributed by atoms with Gasteiger partial charge in [0, 0.05) is 11.6 Å². The summed E-state index contributed by atoms with van der Waals surface area (Å²) >= 11 is 0. The highest BCUT2D eigenvalue weighted by atomic mass is 16.7. The van der Waals surface area contributed by atoms with Gasteiger partial charge in [0.15, 0.2) is 6.10 Å². The molecule has 34 heavy (non-hydrogen) atoms. The number of carbonyl (C=O) groups excluding carboxylic acids is 2. The predicted octanol–water partition coefficient (Wildman–Crippen LogP) is 4.37. The molecule has 7 heteroatoms. The van der Waals surface area contributed by atoms with Gasteiger partial charge in [0.1, 0.15) is 17.4 Å². The van der Waals surface area contributed by atoms with Crippen LogP contribution in [0.3, 0.4) is 0 Å². The van der Waals surface area contributed by atoms with Crippen LogP contribution in [-0.4, -0.2) is 32.1 Å². The number of para-hydroxylation sites is 1. The van der Waals surface area contributed by atoms with Gasteiger partial charge >= 0.3 is 0 Å². The summed E-state index contributed by atoms with van der Waals surface area (Å²) in [5.41, 5.74) is 4.02. The Kier molecular flexibility index (Phi) is 5.49. The molecule has 2 heterocycles. The number of ether oxygens (including phenoxy) is 2. The minimum atomic E-state index is -0.940. The van der Waals surface area contributed by atoms with E-state index >= 15 is 0 Å².